The van der Waals surface area contributed by atoms with Gasteiger partial charge in [-0.25, -0.2) is 4.98 Å². The van der Waals surface area contributed by atoms with Gasteiger partial charge >= 0.3 is 0 Å². The molecule has 1 aromatic rings. The van der Waals surface area contributed by atoms with Gasteiger partial charge in [-0.15, -0.1) is 0 Å². The third kappa shape index (κ3) is 2.46. The number of nitrogen functional groups attached to an aromatic ring is 1. The van der Waals surface area contributed by atoms with Crippen molar-refractivity contribution in [3.63, 3.8) is 0 Å². The van der Waals surface area contributed by atoms with Gasteiger partial charge in [-0.05, 0) is 30.9 Å². The summed E-state index contributed by atoms with van der Waals surface area (Å²) in [5.74, 6) is 0.872. The largest absolute Gasteiger partial charge is 0.384 e. The molecule has 18 heavy (non-hydrogen) atoms. The van der Waals surface area contributed by atoms with Crippen molar-refractivity contribution in [3.8, 4) is 0 Å². The Bertz CT molecular complexity index is 459. The fourth-order valence-electron chi connectivity index (χ4n) is 2.28. The van der Waals surface area contributed by atoms with Gasteiger partial charge in [-0.3, -0.25) is 5.41 Å². The number of aromatic nitrogens is 1. The number of rotatable bonds is 5. The fourth-order valence-corrected chi connectivity index (χ4v) is 2.28. The molecule has 0 saturated heterocycles. The van der Waals surface area contributed by atoms with E-state index in [2.05, 4.69) is 4.98 Å². The molecular weight excluding hydrogens is 228 g/mol. The highest BCUT2D eigenvalue weighted by Gasteiger charge is 2.19. The lowest BCUT2D eigenvalue weighted by molar-refractivity contribution is 0.206. The summed E-state index contributed by atoms with van der Waals surface area (Å²) in [5, 5.41) is 7.69. The summed E-state index contributed by atoms with van der Waals surface area (Å²) in [6.07, 6.45) is 3.22. The van der Waals surface area contributed by atoms with Crippen LogP contribution < -0.4 is 10.6 Å². The van der Waals surface area contributed by atoms with E-state index < -0.39 is 0 Å². The van der Waals surface area contributed by atoms with E-state index >= 15 is 0 Å². The van der Waals surface area contributed by atoms with Crippen LogP contribution in [0.3, 0.4) is 0 Å². The number of ether oxygens (including phenoxy) is 1. The number of hydrogen-bond acceptors (Lipinski definition) is 4. The Morgan fingerprint density at radius 3 is 3.00 bits per heavy atom. The first-order chi connectivity index (χ1) is 8.63. The topological polar surface area (TPSA) is 75.2 Å². The van der Waals surface area contributed by atoms with E-state index in [-0.39, 0.29) is 5.84 Å². The Morgan fingerprint density at radius 1 is 1.56 bits per heavy atom. The molecule has 0 aliphatic heterocycles. The van der Waals surface area contributed by atoms with Gasteiger partial charge in [-0.2, -0.15) is 0 Å². The normalized spacial score (nSPS) is 13.4. The number of methoxy groups -OCH3 is 1. The average molecular weight is 248 g/mol. The number of anilines is 1. The van der Waals surface area contributed by atoms with Crippen molar-refractivity contribution in [2.24, 2.45) is 5.73 Å². The van der Waals surface area contributed by atoms with Crippen LogP contribution in [0.2, 0.25) is 0 Å². The second kappa shape index (κ2) is 5.35. The predicted molar refractivity (Wildman–Crippen MR) is 72.4 cm³/mol. The van der Waals surface area contributed by atoms with Crippen LogP contribution in [0, 0.1) is 5.41 Å². The SMILES string of the molecule is COCCN(C)c1nc2c(cc1C(=N)N)CCC2. The summed E-state index contributed by atoms with van der Waals surface area (Å²) >= 11 is 0. The number of nitrogens with one attached hydrogen (secondary N) is 1. The molecular formula is C13H20N4O. The van der Waals surface area contributed by atoms with Crippen molar-refractivity contribution in [1.29, 1.82) is 5.41 Å². The van der Waals surface area contributed by atoms with Gasteiger partial charge in [0.1, 0.15) is 11.7 Å². The van der Waals surface area contributed by atoms with Crippen LogP contribution in [0.15, 0.2) is 6.07 Å². The Hall–Kier alpha value is -1.62. The van der Waals surface area contributed by atoms with Gasteiger partial charge in [0.2, 0.25) is 0 Å². The number of aryl methyl sites for hydroxylation is 2. The first kappa shape index (κ1) is 12.8. The molecule has 2 rings (SSSR count). The van der Waals surface area contributed by atoms with Crippen LogP contribution in [0.4, 0.5) is 5.82 Å². The van der Waals surface area contributed by atoms with Gasteiger partial charge in [0.05, 0.1) is 12.2 Å². The highest BCUT2D eigenvalue weighted by Crippen LogP contribution is 2.26. The van der Waals surface area contributed by atoms with Crippen LogP contribution in [0.5, 0.6) is 0 Å². The van der Waals surface area contributed by atoms with Crippen molar-refractivity contribution in [2.45, 2.75) is 19.3 Å². The summed E-state index contributed by atoms with van der Waals surface area (Å²) in [6.45, 7) is 1.37. The lowest BCUT2D eigenvalue weighted by atomic mass is 10.1. The molecule has 3 N–H and O–H groups in total. The third-order valence-corrected chi connectivity index (χ3v) is 3.31. The van der Waals surface area contributed by atoms with E-state index in [1.165, 1.54) is 5.56 Å². The zero-order chi connectivity index (χ0) is 13.1. The standard InChI is InChI=1S/C13H20N4O/c1-17(6-7-18-2)13-10(12(14)15)8-9-4-3-5-11(9)16-13/h8H,3-7H2,1-2H3,(H3,14,15). The van der Waals surface area contributed by atoms with Crippen LogP contribution in [-0.2, 0) is 17.6 Å². The molecule has 0 atom stereocenters. The minimum absolute atomic E-state index is 0.0801. The minimum Gasteiger partial charge on any atom is -0.384 e. The van der Waals surface area contributed by atoms with Crippen molar-refractivity contribution in [2.75, 3.05) is 32.2 Å². The lowest BCUT2D eigenvalue weighted by Crippen LogP contribution is -2.27. The molecule has 1 aromatic heterocycles. The summed E-state index contributed by atoms with van der Waals surface area (Å²) in [6, 6.07) is 2.02. The third-order valence-electron chi connectivity index (χ3n) is 3.31. The predicted octanol–water partition coefficient (Wildman–Crippen LogP) is 0.937. The van der Waals surface area contributed by atoms with Gasteiger partial charge in [0.25, 0.3) is 0 Å². The monoisotopic (exact) mass is 248 g/mol. The summed E-state index contributed by atoms with van der Waals surface area (Å²) in [7, 11) is 3.63. The first-order valence-electron chi connectivity index (χ1n) is 6.20. The van der Waals surface area contributed by atoms with Crippen LogP contribution >= 0.6 is 0 Å². The molecule has 0 amide bonds. The number of hydrogen-bond donors (Lipinski definition) is 2. The number of nitrogens with zero attached hydrogens (tertiary/aromatic N) is 2. The first-order valence-corrected chi connectivity index (χ1v) is 6.20. The van der Waals surface area contributed by atoms with Crippen molar-refractivity contribution in [3.05, 3.63) is 22.9 Å². The highest BCUT2D eigenvalue weighted by molar-refractivity contribution is 5.99. The molecule has 1 heterocycles. The van der Waals surface area contributed by atoms with Gasteiger partial charge in [0, 0.05) is 26.4 Å². The second-order valence-electron chi connectivity index (χ2n) is 4.65. The highest BCUT2D eigenvalue weighted by atomic mass is 16.5. The number of nitrogens with two attached hydrogens (primary N) is 1. The molecule has 0 spiro atoms. The maximum Gasteiger partial charge on any atom is 0.139 e. The Labute approximate surface area is 107 Å². The summed E-state index contributed by atoms with van der Waals surface area (Å²) in [4.78, 5) is 6.68. The van der Waals surface area contributed by atoms with Crippen molar-refractivity contribution >= 4 is 11.7 Å². The molecule has 0 aromatic carbocycles. The van der Waals surface area contributed by atoms with E-state index in [0.717, 1.165) is 42.9 Å². The number of amidine groups is 1. The van der Waals surface area contributed by atoms with E-state index in [4.69, 9.17) is 15.9 Å². The smallest absolute Gasteiger partial charge is 0.139 e. The molecule has 1 aliphatic rings. The minimum atomic E-state index is 0.0801. The molecule has 5 nitrogen and oxygen atoms in total. The number of likely N-dealkylation sites (N-methyl/N-ethyl adjacent to an activating group) is 1. The van der Waals surface area contributed by atoms with Crippen LogP contribution in [-0.4, -0.2) is 38.1 Å². The fraction of sp³-hybridized carbons (Fsp3) is 0.538. The van der Waals surface area contributed by atoms with Crippen molar-refractivity contribution in [1.82, 2.24) is 4.98 Å². The lowest BCUT2D eigenvalue weighted by Gasteiger charge is -2.21. The second-order valence-corrected chi connectivity index (χ2v) is 4.65. The Kier molecular flexibility index (Phi) is 3.81. The molecule has 98 valence electrons. The van der Waals surface area contributed by atoms with Crippen LogP contribution in [0.1, 0.15) is 23.2 Å². The van der Waals surface area contributed by atoms with Gasteiger partial charge in [-0.1, -0.05) is 0 Å². The zero-order valence-electron chi connectivity index (χ0n) is 11.0. The average Bonchev–Trinajstić information content (AvgIpc) is 2.81. The van der Waals surface area contributed by atoms with Crippen molar-refractivity contribution < 1.29 is 4.74 Å². The number of fused-ring (bicyclic) bond motifs is 1. The Balaban J connectivity index is 2.35. The Morgan fingerprint density at radius 2 is 2.33 bits per heavy atom. The summed E-state index contributed by atoms with van der Waals surface area (Å²) < 4.78 is 5.07. The quantitative estimate of drug-likeness (QED) is 0.600. The molecule has 0 bridgehead atoms. The molecule has 0 unspecified atom stereocenters. The van der Waals surface area contributed by atoms with E-state index in [0.29, 0.717) is 6.61 Å². The van der Waals surface area contributed by atoms with E-state index in [1.807, 2.05) is 18.0 Å². The van der Waals surface area contributed by atoms with E-state index in [1.54, 1.807) is 7.11 Å². The van der Waals surface area contributed by atoms with Gasteiger partial charge < -0.3 is 15.4 Å². The summed E-state index contributed by atoms with van der Waals surface area (Å²) in [5.41, 5.74) is 8.78. The maximum absolute atomic E-state index is 7.69. The maximum atomic E-state index is 7.69. The van der Waals surface area contributed by atoms with Crippen LogP contribution in [0.25, 0.3) is 0 Å². The van der Waals surface area contributed by atoms with Gasteiger partial charge in [0.15, 0.2) is 0 Å². The number of pyridine rings is 1. The van der Waals surface area contributed by atoms with E-state index in [9.17, 15) is 0 Å². The zero-order valence-corrected chi connectivity index (χ0v) is 11.0. The molecule has 0 saturated carbocycles. The molecule has 0 radical (unpaired) electrons. The molecule has 1 aliphatic carbocycles. The molecule has 0 fully saturated rings. The molecule has 5 heteroatoms.